The summed E-state index contributed by atoms with van der Waals surface area (Å²) in [7, 11) is 0. The zero-order valence-electron chi connectivity index (χ0n) is 17.1. The molecule has 32 heavy (non-hydrogen) atoms. The van der Waals surface area contributed by atoms with Crippen molar-refractivity contribution in [3.05, 3.63) is 88.1 Å². The zero-order chi connectivity index (χ0) is 21.3. The Kier molecular flexibility index (Phi) is 4.94. The van der Waals surface area contributed by atoms with E-state index in [0.29, 0.717) is 19.8 Å². The molecular weight excluding hydrogens is 515 g/mol. The summed E-state index contributed by atoms with van der Waals surface area (Å²) in [6.07, 6.45) is 3.44. The quantitative estimate of drug-likeness (QED) is 0.336. The summed E-state index contributed by atoms with van der Waals surface area (Å²) in [6.45, 7) is 2.03. The molecule has 0 atom stereocenters. The third-order valence-electron chi connectivity index (χ3n) is 5.36. The van der Waals surface area contributed by atoms with E-state index in [9.17, 15) is 0 Å². The second-order valence-corrected chi connectivity index (χ2v) is 9.62. The van der Waals surface area contributed by atoms with Crippen molar-refractivity contribution in [3.63, 3.8) is 0 Å². The Bertz CT molecular complexity index is 1420. The standard InChI is InChI=1S/C23H19IN8/c1-3-7-16(8-4-1)11-31-15-28-18-19(25-13-26-21(18)31)22-30-20-23(27-14-29-24-20)32(22)12-17-9-5-2-6-10-17/h1-10,13,15,27H,11-12,14H2. The van der Waals surface area contributed by atoms with Gasteiger partial charge < -0.3 is 14.5 Å². The molecular formula is C23H19IN8. The number of rotatable bonds is 5. The lowest BCUT2D eigenvalue weighted by molar-refractivity contribution is 0.803. The molecule has 0 radical (unpaired) electrons. The van der Waals surface area contributed by atoms with Crippen LogP contribution < -0.4 is 5.32 Å². The minimum absolute atomic E-state index is 0.480. The molecule has 0 saturated carbocycles. The monoisotopic (exact) mass is 534 g/mol. The van der Waals surface area contributed by atoms with E-state index in [0.717, 1.165) is 32.2 Å². The van der Waals surface area contributed by atoms with E-state index in [1.54, 1.807) is 6.33 Å². The lowest BCUT2D eigenvalue weighted by Gasteiger charge is -2.14. The van der Waals surface area contributed by atoms with Crippen LogP contribution in [0.5, 0.6) is 0 Å². The van der Waals surface area contributed by atoms with Crippen molar-refractivity contribution in [2.75, 3.05) is 12.0 Å². The molecule has 1 N–H and O–H groups in total. The molecule has 0 saturated heterocycles. The molecule has 0 fully saturated rings. The van der Waals surface area contributed by atoms with Crippen LogP contribution in [0.25, 0.3) is 22.7 Å². The molecule has 0 aliphatic carbocycles. The van der Waals surface area contributed by atoms with Gasteiger partial charge in [0.05, 0.1) is 40.4 Å². The number of anilines is 1. The number of nitrogens with zero attached hydrogens (tertiary/aromatic N) is 7. The number of hydrogen-bond donors (Lipinski definition) is 1. The van der Waals surface area contributed by atoms with Gasteiger partial charge in [-0.1, -0.05) is 60.7 Å². The van der Waals surface area contributed by atoms with Crippen LogP contribution in [0.15, 0.2) is 76.5 Å². The predicted octanol–water partition coefficient (Wildman–Crippen LogP) is 4.49. The molecule has 1 aliphatic heterocycles. The van der Waals surface area contributed by atoms with Crippen molar-refractivity contribution in [2.45, 2.75) is 13.1 Å². The highest BCUT2D eigenvalue weighted by atomic mass is 127. The summed E-state index contributed by atoms with van der Waals surface area (Å²) in [5.41, 5.74) is 4.71. The summed E-state index contributed by atoms with van der Waals surface area (Å²) in [5, 5.41) is 3.42. The number of aromatic nitrogens is 6. The number of nitrogens with one attached hydrogen (secondary N) is 1. The Balaban J connectivity index is 1.48. The largest absolute Gasteiger partial charge is 0.350 e. The second kappa shape index (κ2) is 8.23. The van der Waals surface area contributed by atoms with Crippen LogP contribution in [0, 0.1) is 3.70 Å². The maximum Gasteiger partial charge on any atom is 0.164 e. The van der Waals surface area contributed by atoms with Gasteiger partial charge in [-0.05, 0) is 11.1 Å². The molecule has 8 nitrogen and oxygen atoms in total. The third kappa shape index (κ3) is 3.48. The Morgan fingerprint density at radius 2 is 1.62 bits per heavy atom. The maximum atomic E-state index is 4.98. The van der Waals surface area contributed by atoms with Crippen LogP contribution >= 0.6 is 21.0 Å². The number of hydrogen-bond acceptors (Lipinski definition) is 6. The van der Waals surface area contributed by atoms with Crippen molar-refractivity contribution in [2.24, 2.45) is 3.15 Å². The van der Waals surface area contributed by atoms with E-state index in [4.69, 9.17) is 9.97 Å². The molecule has 158 valence electrons. The van der Waals surface area contributed by atoms with E-state index in [2.05, 4.69) is 64.0 Å². The van der Waals surface area contributed by atoms with Gasteiger partial charge in [0.2, 0.25) is 0 Å². The average molecular weight is 534 g/mol. The van der Waals surface area contributed by atoms with Gasteiger partial charge >= 0.3 is 0 Å². The number of imidazole rings is 2. The van der Waals surface area contributed by atoms with E-state index in [1.807, 2.05) is 30.6 Å². The van der Waals surface area contributed by atoms with Crippen molar-refractivity contribution in [1.29, 1.82) is 0 Å². The number of halogens is 1. The van der Waals surface area contributed by atoms with Gasteiger partial charge in [0.15, 0.2) is 15.2 Å². The van der Waals surface area contributed by atoms with Crippen LogP contribution in [0.1, 0.15) is 11.1 Å². The first-order valence-electron chi connectivity index (χ1n) is 10.3. The molecule has 9 heteroatoms. The van der Waals surface area contributed by atoms with Crippen molar-refractivity contribution >= 4 is 38.0 Å². The first-order chi connectivity index (χ1) is 15.9. The molecule has 3 aromatic heterocycles. The molecule has 0 amide bonds. The Labute approximate surface area is 194 Å². The minimum Gasteiger partial charge on any atom is -0.350 e. The van der Waals surface area contributed by atoms with Gasteiger partial charge in [-0.2, -0.15) is 0 Å². The predicted molar refractivity (Wildman–Crippen MR) is 131 cm³/mol. The minimum atomic E-state index is -0.480. The molecule has 2 aromatic carbocycles. The highest BCUT2D eigenvalue weighted by Gasteiger charge is 2.23. The lowest BCUT2D eigenvalue weighted by Crippen LogP contribution is -2.11. The molecule has 1 aliphatic rings. The van der Waals surface area contributed by atoms with E-state index in [1.165, 1.54) is 11.1 Å². The normalized spacial score (nSPS) is 12.9. The van der Waals surface area contributed by atoms with Crippen LogP contribution in [0.4, 0.5) is 5.82 Å². The summed E-state index contributed by atoms with van der Waals surface area (Å²) >= 11 is -0.480. The summed E-state index contributed by atoms with van der Waals surface area (Å²) in [4.78, 5) is 18.8. The Hall–Kier alpha value is -3.47. The maximum absolute atomic E-state index is 4.98. The zero-order valence-corrected chi connectivity index (χ0v) is 19.2. The van der Waals surface area contributed by atoms with Gasteiger partial charge in [0, 0.05) is 0 Å². The van der Waals surface area contributed by atoms with E-state index in [-0.39, 0.29) is 0 Å². The smallest absolute Gasteiger partial charge is 0.164 e. The van der Waals surface area contributed by atoms with Gasteiger partial charge in [-0.3, -0.25) is 0 Å². The lowest BCUT2D eigenvalue weighted by atomic mass is 10.2. The van der Waals surface area contributed by atoms with Crippen molar-refractivity contribution in [3.8, 4) is 11.5 Å². The first kappa shape index (κ1) is 19.2. The van der Waals surface area contributed by atoms with Crippen LogP contribution in [0.2, 0.25) is 0 Å². The van der Waals surface area contributed by atoms with Gasteiger partial charge in [0.25, 0.3) is 0 Å². The Morgan fingerprint density at radius 1 is 0.875 bits per heavy atom. The van der Waals surface area contributed by atoms with Gasteiger partial charge in [0.1, 0.15) is 30.0 Å². The molecule has 0 spiro atoms. The first-order valence-corrected chi connectivity index (χ1v) is 12.3. The summed E-state index contributed by atoms with van der Waals surface area (Å²) in [6, 6.07) is 20.7. The van der Waals surface area contributed by atoms with E-state index >= 15 is 0 Å². The highest BCUT2D eigenvalue weighted by Crippen LogP contribution is 2.34. The van der Waals surface area contributed by atoms with Crippen LogP contribution in [-0.4, -0.2) is 35.7 Å². The number of fused-ring (bicyclic) bond motifs is 2. The topological polar surface area (TPSA) is 85.8 Å². The van der Waals surface area contributed by atoms with Gasteiger partial charge in [-0.15, -0.1) is 0 Å². The van der Waals surface area contributed by atoms with Crippen LogP contribution in [0.3, 0.4) is 0 Å². The molecule has 5 aromatic rings. The summed E-state index contributed by atoms with van der Waals surface area (Å²) < 4.78 is 9.86. The highest BCUT2D eigenvalue weighted by molar-refractivity contribution is 14.2. The molecule has 0 bridgehead atoms. The second-order valence-electron chi connectivity index (χ2n) is 7.44. The average Bonchev–Trinajstić information content (AvgIpc) is 3.42. The molecule has 4 heterocycles. The molecule has 0 unspecified atom stereocenters. The van der Waals surface area contributed by atoms with Crippen molar-refractivity contribution < 1.29 is 0 Å². The van der Waals surface area contributed by atoms with Crippen LogP contribution in [-0.2, 0) is 13.1 Å². The summed E-state index contributed by atoms with van der Waals surface area (Å²) in [5.74, 6) is 1.85. The molecule has 6 rings (SSSR count). The fourth-order valence-corrected chi connectivity index (χ4v) is 5.59. The van der Waals surface area contributed by atoms with Gasteiger partial charge in [-0.25, -0.2) is 23.1 Å². The third-order valence-corrected chi connectivity index (χ3v) is 7.25. The fraction of sp³-hybridized carbons (Fsp3) is 0.130. The van der Waals surface area contributed by atoms with E-state index < -0.39 is 21.0 Å². The van der Waals surface area contributed by atoms with Crippen molar-refractivity contribution in [1.82, 2.24) is 29.1 Å². The Morgan fingerprint density at radius 3 is 2.41 bits per heavy atom. The number of benzene rings is 2. The fourth-order valence-electron chi connectivity index (χ4n) is 3.88. The SMILES string of the molecule is c1ccc(Cn2c(-c3ncnc4c3ncn4Cc3ccccc3)nc3c2NCN=I3)cc1.